The Bertz CT molecular complexity index is 746. The van der Waals surface area contributed by atoms with Gasteiger partial charge in [0.05, 0.1) is 17.4 Å². The minimum atomic E-state index is 0.367. The van der Waals surface area contributed by atoms with Crippen LogP contribution < -0.4 is 0 Å². The summed E-state index contributed by atoms with van der Waals surface area (Å²) >= 11 is 6.25. The van der Waals surface area contributed by atoms with E-state index < -0.39 is 0 Å². The van der Waals surface area contributed by atoms with E-state index in [0.29, 0.717) is 17.1 Å². The Morgan fingerprint density at radius 1 is 1.16 bits per heavy atom. The van der Waals surface area contributed by atoms with Crippen LogP contribution in [0.25, 0.3) is 21.9 Å². The highest BCUT2D eigenvalue weighted by molar-refractivity contribution is 6.35. The molecule has 0 amide bonds. The summed E-state index contributed by atoms with van der Waals surface area (Å²) in [4.78, 5) is 8.85. The molecule has 1 atom stereocenters. The quantitative estimate of drug-likeness (QED) is 0.646. The van der Waals surface area contributed by atoms with Crippen LogP contribution in [0.3, 0.4) is 0 Å². The lowest BCUT2D eigenvalue weighted by Gasteiger charge is -2.18. The van der Waals surface area contributed by atoms with Crippen LogP contribution in [0, 0.1) is 5.92 Å². The first kappa shape index (κ1) is 12.4. The highest BCUT2D eigenvalue weighted by Crippen LogP contribution is 2.31. The number of para-hydroxylation sites is 1. The van der Waals surface area contributed by atoms with E-state index in [9.17, 15) is 0 Å². The van der Waals surface area contributed by atoms with Crippen molar-refractivity contribution in [2.45, 2.75) is 26.8 Å². The zero-order valence-corrected chi connectivity index (χ0v) is 12.0. The number of nitrogens with zero attached hydrogens (tertiary/aromatic N) is 3. The molecule has 19 heavy (non-hydrogen) atoms. The Kier molecular flexibility index (Phi) is 2.94. The van der Waals surface area contributed by atoms with Gasteiger partial charge in [0.25, 0.3) is 0 Å². The van der Waals surface area contributed by atoms with E-state index in [1.54, 1.807) is 0 Å². The zero-order chi connectivity index (χ0) is 13.6. The van der Waals surface area contributed by atoms with Crippen molar-refractivity contribution in [3.63, 3.8) is 0 Å². The maximum Gasteiger partial charge on any atom is 0.157 e. The Morgan fingerprint density at radius 3 is 2.63 bits per heavy atom. The maximum atomic E-state index is 6.25. The van der Waals surface area contributed by atoms with Gasteiger partial charge >= 0.3 is 0 Å². The van der Waals surface area contributed by atoms with Gasteiger partial charge in [-0.3, -0.25) is 0 Å². The fourth-order valence-electron chi connectivity index (χ4n) is 2.34. The molecule has 0 saturated heterocycles. The van der Waals surface area contributed by atoms with Crippen molar-refractivity contribution in [2.24, 2.45) is 5.92 Å². The summed E-state index contributed by atoms with van der Waals surface area (Å²) in [7, 11) is 0. The molecule has 0 aliphatic heterocycles. The number of rotatable bonds is 2. The van der Waals surface area contributed by atoms with Gasteiger partial charge in [0.1, 0.15) is 5.52 Å². The van der Waals surface area contributed by atoms with Crippen molar-refractivity contribution in [1.82, 2.24) is 14.5 Å². The smallest absolute Gasteiger partial charge is 0.157 e. The van der Waals surface area contributed by atoms with Crippen molar-refractivity contribution in [1.29, 1.82) is 0 Å². The van der Waals surface area contributed by atoms with Gasteiger partial charge in [0, 0.05) is 11.4 Å². The minimum absolute atomic E-state index is 0.367. The average Bonchev–Trinajstić information content (AvgIpc) is 2.83. The monoisotopic (exact) mass is 273 g/mol. The Morgan fingerprint density at radius 2 is 1.89 bits per heavy atom. The summed E-state index contributed by atoms with van der Waals surface area (Å²) in [6, 6.07) is 8.43. The fourth-order valence-corrected chi connectivity index (χ4v) is 2.57. The van der Waals surface area contributed by atoms with Crippen molar-refractivity contribution in [3.8, 4) is 0 Å². The van der Waals surface area contributed by atoms with Gasteiger partial charge in [-0.1, -0.05) is 43.6 Å². The topological polar surface area (TPSA) is 30.7 Å². The molecule has 0 N–H and O–H groups in total. The zero-order valence-electron chi connectivity index (χ0n) is 11.3. The van der Waals surface area contributed by atoms with Crippen LogP contribution in [-0.2, 0) is 0 Å². The molecule has 1 unspecified atom stereocenters. The van der Waals surface area contributed by atoms with Crippen LogP contribution in [0.2, 0.25) is 5.15 Å². The highest BCUT2D eigenvalue weighted by Gasteiger charge is 2.17. The van der Waals surface area contributed by atoms with E-state index in [0.717, 1.165) is 21.9 Å². The Hall–Kier alpha value is -1.61. The van der Waals surface area contributed by atoms with Crippen LogP contribution in [0.5, 0.6) is 0 Å². The van der Waals surface area contributed by atoms with Gasteiger partial charge in [-0.15, -0.1) is 0 Å². The van der Waals surface area contributed by atoms with Crippen molar-refractivity contribution < 1.29 is 0 Å². The molecule has 0 fully saturated rings. The number of halogens is 1. The molecule has 0 radical (unpaired) electrons. The number of pyridine rings is 1. The molecular weight excluding hydrogens is 258 g/mol. The number of hydrogen-bond acceptors (Lipinski definition) is 2. The van der Waals surface area contributed by atoms with E-state index >= 15 is 0 Å². The summed E-state index contributed by atoms with van der Waals surface area (Å²) in [6.45, 7) is 6.62. The molecule has 0 saturated carbocycles. The molecule has 0 aliphatic rings. The first-order valence-electron chi connectivity index (χ1n) is 6.50. The van der Waals surface area contributed by atoms with Gasteiger partial charge in [-0.2, -0.15) is 0 Å². The number of fused-ring (bicyclic) bond motifs is 3. The van der Waals surface area contributed by atoms with Gasteiger partial charge in [0.15, 0.2) is 5.15 Å². The summed E-state index contributed by atoms with van der Waals surface area (Å²) in [5.41, 5.74) is 2.78. The standard InChI is InChI=1S/C15H16ClN3/c1-9(2)10(3)19-8-17-13-14(19)11-6-4-5-7-12(11)18-15(13)16/h4-10H,1-3H3. The average molecular weight is 274 g/mol. The third-order valence-electron chi connectivity index (χ3n) is 3.77. The molecule has 0 aliphatic carbocycles. The van der Waals surface area contributed by atoms with E-state index in [1.807, 2.05) is 24.5 Å². The molecule has 2 heterocycles. The normalized spacial score (nSPS) is 13.5. The molecule has 3 aromatic rings. The first-order valence-corrected chi connectivity index (χ1v) is 6.88. The third kappa shape index (κ3) is 1.89. The van der Waals surface area contributed by atoms with Gasteiger partial charge in [0.2, 0.25) is 0 Å². The largest absolute Gasteiger partial charge is 0.327 e. The van der Waals surface area contributed by atoms with E-state index in [1.165, 1.54) is 0 Å². The molecule has 2 aromatic heterocycles. The minimum Gasteiger partial charge on any atom is -0.327 e. The number of benzene rings is 1. The first-order chi connectivity index (χ1) is 9.09. The van der Waals surface area contributed by atoms with Gasteiger partial charge in [-0.05, 0) is 18.9 Å². The molecule has 3 rings (SSSR count). The SMILES string of the molecule is CC(C)C(C)n1cnc2c(Cl)nc3ccccc3c21. The summed E-state index contributed by atoms with van der Waals surface area (Å²) in [6.07, 6.45) is 1.87. The molecular formula is C15H16ClN3. The summed E-state index contributed by atoms with van der Waals surface area (Å²) in [5.74, 6) is 0.531. The van der Waals surface area contributed by atoms with Gasteiger partial charge in [-0.25, -0.2) is 9.97 Å². The Labute approximate surface area is 117 Å². The molecule has 1 aromatic carbocycles. The second kappa shape index (κ2) is 4.49. The van der Waals surface area contributed by atoms with Crippen LogP contribution in [0.1, 0.15) is 26.8 Å². The summed E-state index contributed by atoms with van der Waals surface area (Å²) in [5, 5.41) is 1.58. The van der Waals surface area contributed by atoms with Gasteiger partial charge < -0.3 is 4.57 Å². The Balaban J connectivity index is 2.42. The van der Waals surface area contributed by atoms with Crippen LogP contribution in [-0.4, -0.2) is 14.5 Å². The lowest BCUT2D eigenvalue weighted by molar-refractivity contribution is 0.417. The lowest BCUT2D eigenvalue weighted by Crippen LogP contribution is -2.10. The molecule has 3 nitrogen and oxygen atoms in total. The second-order valence-electron chi connectivity index (χ2n) is 5.25. The predicted octanol–water partition coefficient (Wildman–Crippen LogP) is 4.45. The fraction of sp³-hybridized carbons (Fsp3) is 0.333. The molecule has 98 valence electrons. The summed E-state index contributed by atoms with van der Waals surface area (Å²) < 4.78 is 2.20. The maximum absolute atomic E-state index is 6.25. The third-order valence-corrected chi connectivity index (χ3v) is 4.03. The van der Waals surface area contributed by atoms with Crippen molar-refractivity contribution >= 4 is 33.5 Å². The van der Waals surface area contributed by atoms with Crippen LogP contribution in [0.4, 0.5) is 0 Å². The number of aromatic nitrogens is 3. The highest BCUT2D eigenvalue weighted by atomic mass is 35.5. The molecule has 4 heteroatoms. The van der Waals surface area contributed by atoms with Crippen LogP contribution in [0.15, 0.2) is 30.6 Å². The molecule has 0 bridgehead atoms. The lowest BCUT2D eigenvalue weighted by atomic mass is 10.1. The van der Waals surface area contributed by atoms with E-state index in [4.69, 9.17) is 11.6 Å². The number of hydrogen-bond donors (Lipinski definition) is 0. The second-order valence-corrected chi connectivity index (χ2v) is 5.61. The van der Waals surface area contributed by atoms with Crippen LogP contribution >= 0.6 is 11.6 Å². The number of imidazole rings is 1. The van der Waals surface area contributed by atoms with E-state index in [-0.39, 0.29) is 0 Å². The van der Waals surface area contributed by atoms with Crippen molar-refractivity contribution in [2.75, 3.05) is 0 Å². The molecule has 0 spiro atoms. The predicted molar refractivity (Wildman–Crippen MR) is 79.6 cm³/mol. The van der Waals surface area contributed by atoms with Crippen molar-refractivity contribution in [3.05, 3.63) is 35.7 Å². The van der Waals surface area contributed by atoms with E-state index in [2.05, 4.69) is 41.4 Å².